The predicted octanol–water partition coefficient (Wildman–Crippen LogP) is 1.13. The van der Waals surface area contributed by atoms with Crippen LogP contribution >= 0.6 is 0 Å². The van der Waals surface area contributed by atoms with Gasteiger partial charge in [-0.05, 0) is 37.5 Å². The highest BCUT2D eigenvalue weighted by Crippen LogP contribution is 2.13. The molecule has 0 aromatic heterocycles. The second-order valence-corrected chi connectivity index (χ2v) is 4.30. The van der Waals surface area contributed by atoms with Crippen molar-refractivity contribution >= 4 is 5.91 Å². The molecule has 102 valence electrons. The van der Waals surface area contributed by atoms with Gasteiger partial charge >= 0.3 is 0 Å². The number of aryl methyl sites for hydroxylation is 1. The Hall–Kier alpha value is -1.99. The van der Waals surface area contributed by atoms with Crippen LogP contribution in [0.1, 0.15) is 18.9 Å². The molecule has 1 aromatic carbocycles. The lowest BCUT2D eigenvalue weighted by molar-refractivity contribution is -0.122. The molecule has 4 nitrogen and oxygen atoms in total. The van der Waals surface area contributed by atoms with Crippen LogP contribution in [-0.4, -0.2) is 30.3 Å². The number of aliphatic hydroxyl groups excluding tert-OH is 1. The first-order valence-electron chi connectivity index (χ1n) is 6.21. The van der Waals surface area contributed by atoms with Crippen LogP contribution in [0.2, 0.25) is 0 Å². The smallest absolute Gasteiger partial charge is 0.258 e. The fourth-order valence-electron chi connectivity index (χ4n) is 1.48. The lowest BCUT2D eigenvalue weighted by Gasteiger charge is -2.07. The molecule has 0 radical (unpaired) electrons. The van der Waals surface area contributed by atoms with Crippen molar-refractivity contribution in [2.75, 3.05) is 13.2 Å². The third-order valence-corrected chi connectivity index (χ3v) is 2.53. The van der Waals surface area contributed by atoms with Crippen molar-refractivity contribution in [3.05, 3.63) is 29.8 Å². The van der Waals surface area contributed by atoms with Crippen molar-refractivity contribution in [3.8, 4) is 18.1 Å². The molecule has 2 N–H and O–H groups in total. The van der Waals surface area contributed by atoms with Crippen LogP contribution in [0.4, 0.5) is 0 Å². The van der Waals surface area contributed by atoms with Gasteiger partial charge in [0.05, 0.1) is 12.6 Å². The summed E-state index contributed by atoms with van der Waals surface area (Å²) < 4.78 is 5.32. The van der Waals surface area contributed by atoms with E-state index in [1.807, 2.05) is 24.3 Å². The third kappa shape index (κ3) is 6.49. The summed E-state index contributed by atoms with van der Waals surface area (Å²) >= 11 is 0. The van der Waals surface area contributed by atoms with Crippen LogP contribution in [-0.2, 0) is 11.2 Å². The molecule has 0 aliphatic carbocycles. The largest absolute Gasteiger partial charge is 0.484 e. The average Bonchev–Trinajstić information content (AvgIpc) is 2.41. The normalized spacial score (nSPS) is 11.4. The molecule has 1 atom stereocenters. The first-order chi connectivity index (χ1) is 9.11. The summed E-state index contributed by atoms with van der Waals surface area (Å²) in [4.78, 5) is 11.3. The van der Waals surface area contributed by atoms with Crippen LogP contribution in [0, 0.1) is 12.3 Å². The Bertz CT molecular complexity index is 432. The summed E-state index contributed by atoms with van der Waals surface area (Å²) in [6.45, 7) is 1.93. The highest BCUT2D eigenvalue weighted by molar-refractivity contribution is 5.77. The van der Waals surface area contributed by atoms with E-state index >= 15 is 0 Å². The molecule has 0 fully saturated rings. The van der Waals surface area contributed by atoms with E-state index in [0.29, 0.717) is 5.75 Å². The molecular formula is C15H19NO3. The number of ether oxygens (including phenoxy) is 1. The van der Waals surface area contributed by atoms with Gasteiger partial charge in [-0.1, -0.05) is 18.1 Å². The number of terminal acetylenes is 1. The van der Waals surface area contributed by atoms with E-state index in [2.05, 4.69) is 11.2 Å². The van der Waals surface area contributed by atoms with Gasteiger partial charge in [0, 0.05) is 0 Å². The van der Waals surface area contributed by atoms with Gasteiger partial charge in [0.15, 0.2) is 6.61 Å². The first-order valence-corrected chi connectivity index (χ1v) is 6.21. The standard InChI is InChI=1S/C15H19NO3/c1-3-10-16-15(18)11-19-14-8-6-13(7-9-14)5-4-12(2)17/h1,6-9,12,17H,4-5,10-11H2,2H3,(H,16,18). The maximum Gasteiger partial charge on any atom is 0.258 e. The van der Waals surface area contributed by atoms with Gasteiger partial charge < -0.3 is 15.2 Å². The number of benzene rings is 1. The van der Waals surface area contributed by atoms with Crippen LogP contribution in [0.15, 0.2) is 24.3 Å². The molecular weight excluding hydrogens is 242 g/mol. The maximum atomic E-state index is 11.3. The van der Waals surface area contributed by atoms with Crippen molar-refractivity contribution in [2.24, 2.45) is 0 Å². The second-order valence-electron chi connectivity index (χ2n) is 4.30. The van der Waals surface area contributed by atoms with E-state index in [9.17, 15) is 9.90 Å². The Labute approximate surface area is 113 Å². The van der Waals surface area contributed by atoms with Gasteiger partial charge in [0.25, 0.3) is 5.91 Å². The first kappa shape index (κ1) is 15.1. The van der Waals surface area contributed by atoms with Gasteiger partial charge in [-0.2, -0.15) is 0 Å². The summed E-state index contributed by atoms with van der Waals surface area (Å²) in [6.07, 6.45) is 6.28. The topological polar surface area (TPSA) is 58.6 Å². The number of rotatable bonds is 7. The number of carbonyl (C=O) groups excluding carboxylic acids is 1. The minimum Gasteiger partial charge on any atom is -0.484 e. The lowest BCUT2D eigenvalue weighted by Crippen LogP contribution is -2.28. The lowest BCUT2D eigenvalue weighted by atomic mass is 10.1. The van der Waals surface area contributed by atoms with Gasteiger partial charge in [0.2, 0.25) is 0 Å². The van der Waals surface area contributed by atoms with Gasteiger partial charge in [-0.15, -0.1) is 6.42 Å². The number of amides is 1. The summed E-state index contributed by atoms with van der Waals surface area (Å²) in [7, 11) is 0. The zero-order valence-electron chi connectivity index (χ0n) is 11.1. The Morgan fingerprint density at radius 1 is 1.47 bits per heavy atom. The Morgan fingerprint density at radius 2 is 2.16 bits per heavy atom. The highest BCUT2D eigenvalue weighted by atomic mass is 16.5. The Morgan fingerprint density at radius 3 is 2.74 bits per heavy atom. The highest BCUT2D eigenvalue weighted by Gasteiger charge is 2.02. The molecule has 1 amide bonds. The summed E-state index contributed by atoms with van der Waals surface area (Å²) in [6, 6.07) is 7.48. The molecule has 0 heterocycles. The fourth-order valence-corrected chi connectivity index (χ4v) is 1.48. The molecule has 0 saturated carbocycles. The van der Waals surface area contributed by atoms with Gasteiger partial charge in [-0.3, -0.25) is 4.79 Å². The number of nitrogens with one attached hydrogen (secondary N) is 1. The van der Waals surface area contributed by atoms with E-state index in [4.69, 9.17) is 11.2 Å². The van der Waals surface area contributed by atoms with Crippen molar-refractivity contribution in [3.63, 3.8) is 0 Å². The zero-order valence-corrected chi connectivity index (χ0v) is 11.1. The zero-order chi connectivity index (χ0) is 14.1. The van der Waals surface area contributed by atoms with Crippen LogP contribution < -0.4 is 10.1 Å². The van der Waals surface area contributed by atoms with Gasteiger partial charge in [-0.25, -0.2) is 0 Å². The van der Waals surface area contributed by atoms with E-state index in [1.54, 1.807) is 6.92 Å². The predicted molar refractivity (Wildman–Crippen MR) is 73.8 cm³/mol. The molecule has 0 saturated heterocycles. The SMILES string of the molecule is C#CCNC(=O)COc1ccc(CCC(C)O)cc1. The van der Waals surface area contributed by atoms with Crippen LogP contribution in [0.3, 0.4) is 0 Å². The number of hydrogen-bond acceptors (Lipinski definition) is 3. The fraction of sp³-hybridized carbons (Fsp3) is 0.400. The van der Waals surface area contributed by atoms with Crippen molar-refractivity contribution in [1.29, 1.82) is 0 Å². The quantitative estimate of drug-likeness (QED) is 0.723. The minimum atomic E-state index is -0.296. The Kier molecular flexibility index (Phi) is 6.48. The molecule has 1 rings (SSSR count). The number of hydrogen-bond donors (Lipinski definition) is 2. The minimum absolute atomic E-state index is 0.0469. The summed E-state index contributed by atoms with van der Waals surface area (Å²) in [5.74, 6) is 2.72. The monoisotopic (exact) mass is 261 g/mol. The second kappa shape index (κ2) is 8.17. The molecule has 1 unspecified atom stereocenters. The number of aliphatic hydroxyl groups is 1. The molecule has 19 heavy (non-hydrogen) atoms. The third-order valence-electron chi connectivity index (χ3n) is 2.53. The van der Waals surface area contributed by atoms with Crippen molar-refractivity contribution in [1.82, 2.24) is 5.32 Å². The molecule has 0 aliphatic rings. The van der Waals surface area contributed by atoms with Crippen LogP contribution in [0.5, 0.6) is 5.75 Å². The van der Waals surface area contributed by atoms with E-state index in [-0.39, 0.29) is 25.2 Å². The van der Waals surface area contributed by atoms with Crippen molar-refractivity contribution in [2.45, 2.75) is 25.9 Å². The molecule has 0 aliphatic heterocycles. The maximum absolute atomic E-state index is 11.3. The Balaban J connectivity index is 2.36. The molecule has 1 aromatic rings. The van der Waals surface area contributed by atoms with E-state index < -0.39 is 0 Å². The van der Waals surface area contributed by atoms with E-state index in [0.717, 1.165) is 18.4 Å². The average molecular weight is 261 g/mol. The summed E-state index contributed by atoms with van der Waals surface area (Å²) in [5, 5.41) is 11.7. The number of carbonyl (C=O) groups is 1. The molecule has 0 bridgehead atoms. The van der Waals surface area contributed by atoms with Crippen molar-refractivity contribution < 1.29 is 14.6 Å². The molecule has 0 spiro atoms. The summed E-state index contributed by atoms with van der Waals surface area (Å²) in [5.41, 5.74) is 1.13. The van der Waals surface area contributed by atoms with Crippen LogP contribution in [0.25, 0.3) is 0 Å². The molecule has 4 heteroatoms. The van der Waals surface area contributed by atoms with Gasteiger partial charge in [0.1, 0.15) is 5.75 Å². The van der Waals surface area contributed by atoms with E-state index in [1.165, 1.54) is 0 Å².